The number of aryl methyl sites for hydroxylation is 1. The predicted molar refractivity (Wildman–Crippen MR) is 70.6 cm³/mol. The lowest BCUT2D eigenvalue weighted by molar-refractivity contribution is 0.0285. The van der Waals surface area contributed by atoms with Crippen molar-refractivity contribution in [3.63, 3.8) is 0 Å². The molecule has 1 aromatic carbocycles. The van der Waals surface area contributed by atoms with E-state index in [2.05, 4.69) is 5.32 Å². The van der Waals surface area contributed by atoms with E-state index >= 15 is 0 Å². The molecule has 0 fully saturated rings. The van der Waals surface area contributed by atoms with Crippen LogP contribution in [0.3, 0.4) is 0 Å². The minimum absolute atomic E-state index is 0.134. The summed E-state index contributed by atoms with van der Waals surface area (Å²) in [5.41, 5.74) is 7.77. The van der Waals surface area contributed by atoms with Crippen LogP contribution in [0.25, 0.3) is 0 Å². The summed E-state index contributed by atoms with van der Waals surface area (Å²) in [6.07, 6.45) is -0.145. The van der Waals surface area contributed by atoms with Crippen molar-refractivity contribution in [2.75, 3.05) is 33.1 Å². The average Bonchev–Trinajstić information content (AvgIpc) is 2.34. The summed E-state index contributed by atoms with van der Waals surface area (Å²) < 4.78 is 10.1. The van der Waals surface area contributed by atoms with Crippen LogP contribution in [0.15, 0.2) is 18.2 Å². The van der Waals surface area contributed by atoms with Gasteiger partial charge in [0, 0.05) is 32.0 Å². The molecule has 0 bridgehead atoms. The van der Waals surface area contributed by atoms with Gasteiger partial charge in [-0.3, -0.25) is 4.79 Å². The van der Waals surface area contributed by atoms with Gasteiger partial charge in [-0.25, -0.2) is 0 Å². The highest BCUT2D eigenvalue weighted by atomic mass is 16.5. The van der Waals surface area contributed by atoms with Crippen LogP contribution in [0.2, 0.25) is 0 Å². The molecule has 100 valence electrons. The number of carbonyl (C=O) groups excluding carboxylic acids is 1. The van der Waals surface area contributed by atoms with E-state index in [0.29, 0.717) is 24.4 Å². The molecule has 1 rings (SSSR count). The molecule has 1 amide bonds. The van der Waals surface area contributed by atoms with E-state index < -0.39 is 0 Å². The van der Waals surface area contributed by atoms with Gasteiger partial charge < -0.3 is 20.5 Å². The number of methoxy groups -OCH3 is 2. The molecule has 0 saturated heterocycles. The summed E-state index contributed by atoms with van der Waals surface area (Å²) in [6.45, 7) is 2.71. The number of amides is 1. The number of hydrogen-bond acceptors (Lipinski definition) is 4. The predicted octanol–water partition coefficient (Wildman–Crippen LogP) is 0.968. The molecule has 1 atom stereocenters. The third-order valence-electron chi connectivity index (χ3n) is 2.67. The van der Waals surface area contributed by atoms with Gasteiger partial charge in [0.05, 0.1) is 12.7 Å². The third-order valence-corrected chi connectivity index (χ3v) is 2.67. The van der Waals surface area contributed by atoms with E-state index in [0.717, 1.165) is 5.56 Å². The Hall–Kier alpha value is -1.59. The van der Waals surface area contributed by atoms with Crippen molar-refractivity contribution in [1.82, 2.24) is 5.32 Å². The van der Waals surface area contributed by atoms with Crippen LogP contribution in [-0.4, -0.2) is 39.4 Å². The lowest BCUT2D eigenvalue weighted by Gasteiger charge is -2.15. The second-order valence-corrected chi connectivity index (χ2v) is 4.10. The molecule has 1 aromatic rings. The van der Waals surface area contributed by atoms with Gasteiger partial charge in [-0.2, -0.15) is 0 Å². The first kappa shape index (κ1) is 14.5. The highest BCUT2D eigenvalue weighted by molar-refractivity contribution is 5.96. The Kier molecular flexibility index (Phi) is 5.61. The second-order valence-electron chi connectivity index (χ2n) is 4.10. The molecule has 5 heteroatoms. The monoisotopic (exact) mass is 252 g/mol. The van der Waals surface area contributed by atoms with Gasteiger partial charge in [0.15, 0.2) is 0 Å². The number of nitrogens with two attached hydrogens (primary N) is 1. The smallest absolute Gasteiger partial charge is 0.251 e. The number of nitrogen functional groups attached to an aromatic ring is 1. The Balaban J connectivity index is 2.59. The van der Waals surface area contributed by atoms with Crippen molar-refractivity contribution in [2.24, 2.45) is 0 Å². The molecule has 0 aromatic heterocycles. The average molecular weight is 252 g/mol. The standard InChI is InChI=1S/C13H20N2O3/c1-9-6-10(14)4-5-12(9)13(16)15-7-11(18-3)8-17-2/h4-6,11H,7-8,14H2,1-3H3,(H,15,16). The van der Waals surface area contributed by atoms with Crippen LogP contribution in [0, 0.1) is 6.92 Å². The Labute approximate surface area is 107 Å². The van der Waals surface area contributed by atoms with Gasteiger partial charge in [-0.05, 0) is 30.7 Å². The van der Waals surface area contributed by atoms with Gasteiger partial charge in [-0.1, -0.05) is 0 Å². The van der Waals surface area contributed by atoms with Gasteiger partial charge in [0.1, 0.15) is 0 Å². The van der Waals surface area contributed by atoms with Crippen LogP contribution >= 0.6 is 0 Å². The Morgan fingerprint density at radius 2 is 2.17 bits per heavy atom. The SMILES string of the molecule is COCC(CNC(=O)c1ccc(N)cc1C)OC. The zero-order valence-electron chi connectivity index (χ0n) is 11.0. The number of ether oxygens (including phenoxy) is 2. The number of rotatable bonds is 6. The van der Waals surface area contributed by atoms with Crippen molar-refractivity contribution < 1.29 is 14.3 Å². The molecule has 1 unspecified atom stereocenters. The molecule has 0 aliphatic rings. The zero-order chi connectivity index (χ0) is 13.5. The summed E-state index contributed by atoms with van der Waals surface area (Å²) in [5.74, 6) is -0.134. The van der Waals surface area contributed by atoms with Gasteiger partial charge in [0.25, 0.3) is 5.91 Å². The Morgan fingerprint density at radius 3 is 2.72 bits per heavy atom. The number of benzene rings is 1. The summed E-state index contributed by atoms with van der Waals surface area (Å²) >= 11 is 0. The van der Waals surface area contributed by atoms with Crippen molar-refractivity contribution in [2.45, 2.75) is 13.0 Å². The first-order valence-corrected chi connectivity index (χ1v) is 5.74. The maximum absolute atomic E-state index is 12.0. The van der Waals surface area contributed by atoms with Gasteiger partial charge in [0.2, 0.25) is 0 Å². The fourth-order valence-corrected chi connectivity index (χ4v) is 1.64. The number of anilines is 1. The van der Waals surface area contributed by atoms with E-state index in [1.165, 1.54) is 0 Å². The first-order chi connectivity index (χ1) is 8.58. The normalized spacial score (nSPS) is 12.2. The maximum atomic E-state index is 12.0. The maximum Gasteiger partial charge on any atom is 0.251 e. The molecule has 0 radical (unpaired) electrons. The van der Waals surface area contributed by atoms with Crippen molar-refractivity contribution in [3.05, 3.63) is 29.3 Å². The van der Waals surface area contributed by atoms with Gasteiger partial charge >= 0.3 is 0 Å². The summed E-state index contributed by atoms with van der Waals surface area (Å²) in [7, 11) is 3.18. The molecule has 0 saturated carbocycles. The number of carbonyl (C=O) groups is 1. The molecule has 5 nitrogen and oxygen atoms in total. The Bertz CT molecular complexity index is 407. The Morgan fingerprint density at radius 1 is 1.44 bits per heavy atom. The van der Waals surface area contributed by atoms with Crippen LogP contribution in [-0.2, 0) is 9.47 Å². The minimum atomic E-state index is -0.145. The molecule has 0 spiro atoms. The largest absolute Gasteiger partial charge is 0.399 e. The molecule has 0 heterocycles. The van der Waals surface area contributed by atoms with E-state index in [1.807, 2.05) is 6.92 Å². The quantitative estimate of drug-likeness (QED) is 0.740. The summed E-state index contributed by atoms with van der Waals surface area (Å²) in [4.78, 5) is 12.0. The zero-order valence-corrected chi connectivity index (χ0v) is 11.0. The molecule has 18 heavy (non-hydrogen) atoms. The lowest BCUT2D eigenvalue weighted by Crippen LogP contribution is -2.35. The highest BCUT2D eigenvalue weighted by Crippen LogP contribution is 2.12. The van der Waals surface area contributed by atoms with E-state index in [9.17, 15) is 4.79 Å². The molecule has 3 N–H and O–H groups in total. The first-order valence-electron chi connectivity index (χ1n) is 5.74. The van der Waals surface area contributed by atoms with E-state index in [-0.39, 0.29) is 12.0 Å². The highest BCUT2D eigenvalue weighted by Gasteiger charge is 2.12. The third kappa shape index (κ3) is 4.01. The molecule has 0 aliphatic heterocycles. The van der Waals surface area contributed by atoms with Crippen LogP contribution in [0.4, 0.5) is 5.69 Å². The molecule has 0 aliphatic carbocycles. The fraction of sp³-hybridized carbons (Fsp3) is 0.462. The van der Waals surface area contributed by atoms with Gasteiger partial charge in [-0.15, -0.1) is 0 Å². The second kappa shape index (κ2) is 6.98. The fourth-order valence-electron chi connectivity index (χ4n) is 1.64. The lowest BCUT2D eigenvalue weighted by atomic mass is 10.1. The number of hydrogen-bond donors (Lipinski definition) is 2. The van der Waals surface area contributed by atoms with Crippen molar-refractivity contribution in [1.29, 1.82) is 0 Å². The van der Waals surface area contributed by atoms with Crippen LogP contribution in [0.5, 0.6) is 0 Å². The molecular weight excluding hydrogens is 232 g/mol. The van der Waals surface area contributed by atoms with E-state index in [1.54, 1.807) is 32.4 Å². The molecular formula is C13H20N2O3. The summed E-state index contributed by atoms with van der Waals surface area (Å²) in [6, 6.07) is 5.21. The van der Waals surface area contributed by atoms with Crippen molar-refractivity contribution in [3.8, 4) is 0 Å². The number of nitrogens with one attached hydrogen (secondary N) is 1. The minimum Gasteiger partial charge on any atom is -0.399 e. The van der Waals surface area contributed by atoms with Crippen molar-refractivity contribution >= 4 is 11.6 Å². The van der Waals surface area contributed by atoms with E-state index in [4.69, 9.17) is 15.2 Å². The summed E-state index contributed by atoms with van der Waals surface area (Å²) in [5, 5.41) is 2.81. The topological polar surface area (TPSA) is 73.6 Å². The van der Waals surface area contributed by atoms with Crippen LogP contribution in [0.1, 0.15) is 15.9 Å². The van der Waals surface area contributed by atoms with Crippen LogP contribution < -0.4 is 11.1 Å².